The molecular weight excluding hydrogens is 396 g/mol. The molecule has 0 atom stereocenters. The summed E-state index contributed by atoms with van der Waals surface area (Å²) in [5, 5.41) is 16.5. The van der Waals surface area contributed by atoms with Crippen molar-refractivity contribution in [2.45, 2.75) is 24.2 Å². The lowest BCUT2D eigenvalue weighted by Gasteiger charge is -2.34. The van der Waals surface area contributed by atoms with Gasteiger partial charge in [0.05, 0.1) is 4.92 Å². The summed E-state index contributed by atoms with van der Waals surface area (Å²) in [7, 11) is -4.14. The van der Waals surface area contributed by atoms with Crippen molar-refractivity contribution in [2.24, 2.45) is 5.14 Å². The Hall–Kier alpha value is -2.63. The zero-order chi connectivity index (χ0) is 20.9. The van der Waals surface area contributed by atoms with Gasteiger partial charge in [-0.05, 0) is 37.9 Å². The van der Waals surface area contributed by atoms with Gasteiger partial charge in [0, 0.05) is 44.1 Å². The number of nitro groups is 1. The van der Waals surface area contributed by atoms with Crippen molar-refractivity contribution in [1.82, 2.24) is 14.9 Å². The SMILES string of the molecule is NS(=O)(=O)c1cccc(CCCCN2CCN(c3ncccn3)CC2)c1[N+](=O)[O-]. The Labute approximate surface area is 169 Å². The molecule has 1 fully saturated rings. The van der Waals surface area contributed by atoms with E-state index in [1.807, 2.05) is 0 Å². The van der Waals surface area contributed by atoms with E-state index in [1.165, 1.54) is 12.1 Å². The number of rotatable bonds is 8. The average Bonchev–Trinajstić information content (AvgIpc) is 2.71. The number of anilines is 1. The van der Waals surface area contributed by atoms with Gasteiger partial charge in [-0.2, -0.15) is 0 Å². The molecule has 0 amide bonds. The lowest BCUT2D eigenvalue weighted by Crippen LogP contribution is -2.47. The van der Waals surface area contributed by atoms with Crippen LogP contribution in [0.25, 0.3) is 0 Å². The summed E-state index contributed by atoms with van der Waals surface area (Å²) in [4.78, 5) is 23.3. The van der Waals surface area contributed by atoms with Crippen LogP contribution in [0.2, 0.25) is 0 Å². The van der Waals surface area contributed by atoms with Crippen molar-refractivity contribution < 1.29 is 13.3 Å². The first-order chi connectivity index (χ1) is 13.9. The summed E-state index contributed by atoms with van der Waals surface area (Å²) in [5.74, 6) is 0.745. The van der Waals surface area contributed by atoms with Gasteiger partial charge in [0.2, 0.25) is 16.0 Å². The Morgan fingerprint density at radius 1 is 1.07 bits per heavy atom. The van der Waals surface area contributed by atoms with Crippen molar-refractivity contribution in [1.29, 1.82) is 0 Å². The van der Waals surface area contributed by atoms with Gasteiger partial charge in [0.25, 0.3) is 5.69 Å². The van der Waals surface area contributed by atoms with E-state index in [2.05, 4.69) is 19.8 Å². The maximum absolute atomic E-state index is 11.6. The van der Waals surface area contributed by atoms with Gasteiger partial charge in [0.1, 0.15) is 0 Å². The van der Waals surface area contributed by atoms with Crippen LogP contribution in [0.15, 0.2) is 41.6 Å². The molecule has 0 unspecified atom stereocenters. The second-order valence-electron chi connectivity index (χ2n) is 6.90. The Morgan fingerprint density at radius 2 is 1.76 bits per heavy atom. The normalized spacial score (nSPS) is 15.4. The topological polar surface area (TPSA) is 136 Å². The third-order valence-electron chi connectivity index (χ3n) is 4.95. The molecule has 2 heterocycles. The van der Waals surface area contributed by atoms with Crippen LogP contribution < -0.4 is 10.0 Å². The van der Waals surface area contributed by atoms with Crippen LogP contribution >= 0.6 is 0 Å². The highest BCUT2D eigenvalue weighted by Gasteiger charge is 2.26. The molecule has 29 heavy (non-hydrogen) atoms. The highest BCUT2D eigenvalue weighted by Crippen LogP contribution is 2.28. The lowest BCUT2D eigenvalue weighted by atomic mass is 10.1. The first-order valence-corrected chi connectivity index (χ1v) is 10.9. The zero-order valence-corrected chi connectivity index (χ0v) is 16.8. The minimum absolute atomic E-state index is 0.396. The van der Waals surface area contributed by atoms with Crippen LogP contribution in [0.3, 0.4) is 0 Å². The average molecular weight is 420 g/mol. The van der Waals surface area contributed by atoms with Crippen LogP contribution in [-0.4, -0.2) is 60.9 Å². The molecule has 3 rings (SSSR count). The van der Waals surface area contributed by atoms with Crippen molar-refractivity contribution in [3.8, 4) is 0 Å². The minimum Gasteiger partial charge on any atom is -0.338 e. The summed E-state index contributed by atoms with van der Waals surface area (Å²) in [6.45, 7) is 4.39. The summed E-state index contributed by atoms with van der Waals surface area (Å²) in [6, 6.07) is 6.05. The van der Waals surface area contributed by atoms with E-state index in [-0.39, 0.29) is 0 Å². The molecule has 1 aromatic carbocycles. The number of sulfonamides is 1. The van der Waals surface area contributed by atoms with Gasteiger partial charge < -0.3 is 4.90 Å². The second kappa shape index (κ2) is 9.25. The Kier molecular flexibility index (Phi) is 6.72. The number of nitrogens with two attached hydrogens (primary N) is 1. The number of aryl methyl sites for hydroxylation is 1. The number of benzene rings is 1. The molecule has 2 N–H and O–H groups in total. The van der Waals surface area contributed by atoms with E-state index in [1.54, 1.807) is 24.5 Å². The third-order valence-corrected chi connectivity index (χ3v) is 5.89. The first kappa shape index (κ1) is 21.1. The van der Waals surface area contributed by atoms with Crippen LogP contribution in [0.5, 0.6) is 0 Å². The summed E-state index contributed by atoms with van der Waals surface area (Å²) in [5.41, 5.74) is -0.0148. The van der Waals surface area contributed by atoms with Gasteiger partial charge in [-0.1, -0.05) is 12.1 Å². The molecule has 1 aliphatic heterocycles. The lowest BCUT2D eigenvalue weighted by molar-refractivity contribution is -0.388. The van der Waals surface area contributed by atoms with Gasteiger partial charge in [0.15, 0.2) is 4.90 Å². The summed E-state index contributed by atoms with van der Waals surface area (Å²) < 4.78 is 23.3. The summed E-state index contributed by atoms with van der Waals surface area (Å²) >= 11 is 0. The van der Waals surface area contributed by atoms with Crippen LogP contribution in [0.4, 0.5) is 11.6 Å². The summed E-state index contributed by atoms with van der Waals surface area (Å²) in [6.07, 6.45) is 5.48. The molecule has 1 saturated heterocycles. The molecule has 156 valence electrons. The fourth-order valence-corrected chi connectivity index (χ4v) is 4.23. The van der Waals surface area contributed by atoms with E-state index >= 15 is 0 Å². The Morgan fingerprint density at radius 3 is 2.38 bits per heavy atom. The predicted octanol–water partition coefficient (Wildman–Crippen LogP) is 1.18. The number of nitrogens with zero attached hydrogens (tertiary/aromatic N) is 5. The van der Waals surface area contributed by atoms with Crippen molar-refractivity contribution in [3.05, 3.63) is 52.3 Å². The molecule has 10 nitrogen and oxygen atoms in total. The molecule has 11 heteroatoms. The Balaban J connectivity index is 1.50. The monoisotopic (exact) mass is 420 g/mol. The van der Waals surface area contributed by atoms with Crippen molar-refractivity contribution in [2.75, 3.05) is 37.6 Å². The molecule has 1 aromatic heterocycles. The molecule has 0 saturated carbocycles. The van der Waals surface area contributed by atoms with E-state index in [0.717, 1.165) is 51.5 Å². The zero-order valence-electron chi connectivity index (χ0n) is 16.0. The van der Waals surface area contributed by atoms with Gasteiger partial charge in [-0.15, -0.1) is 0 Å². The molecular formula is C18H24N6O4S. The number of hydrogen-bond donors (Lipinski definition) is 1. The predicted molar refractivity (Wildman–Crippen MR) is 108 cm³/mol. The van der Waals surface area contributed by atoms with Gasteiger partial charge in [-0.3, -0.25) is 15.0 Å². The van der Waals surface area contributed by atoms with Crippen LogP contribution in [0.1, 0.15) is 18.4 Å². The molecule has 0 spiro atoms. The van der Waals surface area contributed by atoms with Crippen molar-refractivity contribution in [3.63, 3.8) is 0 Å². The Bertz CT molecular complexity index is 946. The smallest absolute Gasteiger partial charge is 0.292 e. The van der Waals surface area contributed by atoms with E-state index < -0.39 is 25.5 Å². The fraction of sp³-hybridized carbons (Fsp3) is 0.444. The molecule has 0 bridgehead atoms. The van der Waals surface area contributed by atoms with E-state index in [4.69, 9.17) is 5.14 Å². The van der Waals surface area contributed by atoms with Gasteiger partial charge in [-0.25, -0.2) is 23.5 Å². The number of primary sulfonamides is 1. The third kappa shape index (κ3) is 5.46. The van der Waals surface area contributed by atoms with E-state index in [0.29, 0.717) is 12.0 Å². The standard InChI is InChI=1S/C18H24N6O4S/c19-29(27,28)16-7-3-6-15(17(16)24(25)26)5-1-2-10-22-11-13-23(14-12-22)18-20-8-4-9-21-18/h3-4,6-9H,1-2,5,10-14H2,(H2,19,27,28). The molecule has 0 radical (unpaired) electrons. The minimum atomic E-state index is -4.14. The molecule has 1 aliphatic rings. The molecule has 0 aliphatic carbocycles. The highest BCUT2D eigenvalue weighted by atomic mass is 32.2. The number of piperazine rings is 1. The van der Waals surface area contributed by atoms with E-state index in [9.17, 15) is 18.5 Å². The number of unbranched alkanes of at least 4 members (excludes halogenated alkanes) is 1. The first-order valence-electron chi connectivity index (χ1n) is 9.39. The van der Waals surface area contributed by atoms with Crippen molar-refractivity contribution >= 4 is 21.7 Å². The van der Waals surface area contributed by atoms with Crippen LogP contribution in [-0.2, 0) is 16.4 Å². The van der Waals surface area contributed by atoms with Gasteiger partial charge >= 0.3 is 0 Å². The van der Waals surface area contributed by atoms with Crippen LogP contribution in [0, 0.1) is 10.1 Å². The quantitative estimate of drug-likeness (QED) is 0.382. The largest absolute Gasteiger partial charge is 0.338 e. The number of nitro benzene ring substituents is 1. The number of hydrogen-bond acceptors (Lipinski definition) is 8. The second-order valence-corrected chi connectivity index (χ2v) is 8.43. The number of aromatic nitrogens is 2. The maximum atomic E-state index is 11.6. The number of para-hydroxylation sites is 1. The fourth-order valence-electron chi connectivity index (χ4n) is 3.48. The highest BCUT2D eigenvalue weighted by molar-refractivity contribution is 7.89. The molecule has 2 aromatic rings. The maximum Gasteiger partial charge on any atom is 0.292 e.